The number of carbonyl (C=O) groups excluding carboxylic acids is 2. The lowest BCUT2D eigenvalue weighted by Crippen LogP contribution is -2.14. The molecule has 5 aromatic rings. The molecular formula is C27H15Cl3F3N5O2. The fraction of sp³-hybridized carbons (Fsp3) is 0.0370. The van der Waals surface area contributed by atoms with Crippen molar-refractivity contribution in [2.45, 2.75) is 6.18 Å². The topological polar surface area (TPSA) is 88.4 Å². The molecule has 3 aromatic carbocycles. The first-order valence-corrected chi connectivity index (χ1v) is 12.5. The number of nitrogens with one attached hydrogen (secondary N) is 2. The molecule has 0 fully saturated rings. The molecule has 2 aromatic heterocycles. The number of alkyl halides is 3. The molecule has 13 heteroatoms. The van der Waals surface area contributed by atoms with Crippen molar-refractivity contribution in [3.8, 4) is 11.3 Å². The number of rotatable bonds is 5. The molecule has 0 saturated heterocycles. The van der Waals surface area contributed by atoms with E-state index >= 15 is 0 Å². The summed E-state index contributed by atoms with van der Waals surface area (Å²) in [4.78, 5) is 34.1. The minimum atomic E-state index is -4.70. The SMILES string of the molecule is O=C(Nc1cccc(-c2cnc3c(NC(=O)c4cc(Cl)cc(Cl)c4)nccn23)c1)c1ccc(Cl)c(C(F)(F)F)c1. The van der Waals surface area contributed by atoms with Crippen LogP contribution in [0.1, 0.15) is 26.3 Å². The van der Waals surface area contributed by atoms with Crippen LogP contribution in [0.25, 0.3) is 16.9 Å². The molecule has 202 valence electrons. The Morgan fingerprint density at radius 2 is 1.55 bits per heavy atom. The minimum Gasteiger partial charge on any atom is -0.322 e. The third-order valence-corrected chi connectivity index (χ3v) is 6.50. The van der Waals surface area contributed by atoms with Crippen LogP contribution in [0.4, 0.5) is 24.7 Å². The van der Waals surface area contributed by atoms with Crippen molar-refractivity contribution >= 4 is 63.8 Å². The lowest BCUT2D eigenvalue weighted by Gasteiger charge is -2.12. The van der Waals surface area contributed by atoms with Crippen LogP contribution in [0.3, 0.4) is 0 Å². The van der Waals surface area contributed by atoms with Crippen LogP contribution in [-0.4, -0.2) is 26.2 Å². The van der Waals surface area contributed by atoms with Gasteiger partial charge in [0.05, 0.1) is 22.5 Å². The average molecular weight is 605 g/mol. The number of imidazole rings is 1. The summed E-state index contributed by atoms with van der Waals surface area (Å²) >= 11 is 17.7. The quantitative estimate of drug-likeness (QED) is 0.214. The van der Waals surface area contributed by atoms with Crippen LogP contribution >= 0.6 is 34.8 Å². The van der Waals surface area contributed by atoms with E-state index in [0.29, 0.717) is 38.7 Å². The van der Waals surface area contributed by atoms with Gasteiger partial charge in [0.25, 0.3) is 11.8 Å². The third kappa shape index (κ3) is 5.74. The van der Waals surface area contributed by atoms with Gasteiger partial charge in [-0.25, -0.2) is 9.97 Å². The zero-order valence-electron chi connectivity index (χ0n) is 19.9. The Kier molecular flexibility index (Phi) is 7.41. The van der Waals surface area contributed by atoms with Gasteiger partial charge in [-0.1, -0.05) is 46.9 Å². The summed E-state index contributed by atoms with van der Waals surface area (Å²) < 4.78 is 41.3. The standard InChI is InChI=1S/C27H15Cl3F3N5O2/c28-17-8-16(9-18(29)12-17)26(40)37-23-24-35-13-22(38(24)7-6-34-23)14-2-1-3-19(10-14)36-25(39)15-4-5-21(30)20(11-15)27(31,32)33/h1-13H,(H,36,39)(H,34,37,40). The van der Waals surface area contributed by atoms with Gasteiger partial charge in [-0.05, 0) is 48.5 Å². The van der Waals surface area contributed by atoms with Crippen molar-refractivity contribution in [1.82, 2.24) is 14.4 Å². The van der Waals surface area contributed by atoms with Crippen molar-refractivity contribution in [2.75, 3.05) is 10.6 Å². The fourth-order valence-corrected chi connectivity index (χ4v) is 4.68. The molecule has 40 heavy (non-hydrogen) atoms. The zero-order chi connectivity index (χ0) is 28.6. The van der Waals surface area contributed by atoms with Gasteiger partial charge in [-0.3, -0.25) is 14.0 Å². The second kappa shape index (κ2) is 10.8. The highest BCUT2D eigenvalue weighted by atomic mass is 35.5. The molecule has 0 radical (unpaired) electrons. The molecule has 7 nitrogen and oxygen atoms in total. The summed E-state index contributed by atoms with van der Waals surface area (Å²) in [5.41, 5.74) is 0.832. The van der Waals surface area contributed by atoms with Gasteiger partial charge in [0.15, 0.2) is 11.5 Å². The lowest BCUT2D eigenvalue weighted by molar-refractivity contribution is -0.137. The number of hydrogen-bond acceptors (Lipinski definition) is 4. The summed E-state index contributed by atoms with van der Waals surface area (Å²) in [6, 6.07) is 14.0. The summed E-state index contributed by atoms with van der Waals surface area (Å²) in [5, 5.41) is 5.40. The maximum atomic E-state index is 13.2. The smallest absolute Gasteiger partial charge is 0.322 e. The third-order valence-electron chi connectivity index (χ3n) is 5.73. The van der Waals surface area contributed by atoms with E-state index in [2.05, 4.69) is 20.6 Å². The van der Waals surface area contributed by atoms with Crippen LogP contribution < -0.4 is 10.6 Å². The van der Waals surface area contributed by atoms with Gasteiger partial charge >= 0.3 is 6.18 Å². The van der Waals surface area contributed by atoms with Crippen LogP contribution in [0.15, 0.2) is 79.3 Å². The van der Waals surface area contributed by atoms with Gasteiger partial charge in [0.1, 0.15) is 0 Å². The van der Waals surface area contributed by atoms with E-state index in [0.717, 1.165) is 6.07 Å². The highest BCUT2D eigenvalue weighted by Crippen LogP contribution is 2.35. The number of aromatic nitrogens is 3. The Morgan fingerprint density at radius 1 is 0.825 bits per heavy atom. The van der Waals surface area contributed by atoms with E-state index in [1.165, 1.54) is 30.5 Å². The van der Waals surface area contributed by atoms with E-state index < -0.39 is 28.6 Å². The normalized spacial score (nSPS) is 11.4. The number of anilines is 2. The molecule has 0 atom stereocenters. The van der Waals surface area contributed by atoms with E-state index in [1.54, 1.807) is 41.1 Å². The zero-order valence-corrected chi connectivity index (χ0v) is 22.2. The first-order chi connectivity index (χ1) is 19.0. The van der Waals surface area contributed by atoms with E-state index in [9.17, 15) is 22.8 Å². The molecule has 0 aliphatic carbocycles. The first-order valence-electron chi connectivity index (χ1n) is 11.4. The Morgan fingerprint density at radius 3 is 2.27 bits per heavy atom. The number of nitrogens with zero attached hydrogens (tertiary/aromatic N) is 3. The van der Waals surface area contributed by atoms with Gasteiger partial charge in [-0.2, -0.15) is 13.2 Å². The molecule has 0 spiro atoms. The molecular weight excluding hydrogens is 590 g/mol. The summed E-state index contributed by atoms with van der Waals surface area (Å²) in [6.07, 6.45) is -0.0340. The Labute approximate surface area is 239 Å². The Bertz CT molecular complexity index is 1770. The molecule has 0 saturated carbocycles. The monoisotopic (exact) mass is 603 g/mol. The first kappa shape index (κ1) is 27.4. The van der Waals surface area contributed by atoms with Gasteiger partial charge in [0.2, 0.25) is 0 Å². The summed E-state index contributed by atoms with van der Waals surface area (Å²) in [7, 11) is 0. The van der Waals surface area contributed by atoms with Crippen molar-refractivity contribution < 1.29 is 22.8 Å². The van der Waals surface area contributed by atoms with Crippen molar-refractivity contribution in [3.63, 3.8) is 0 Å². The van der Waals surface area contributed by atoms with Crippen molar-refractivity contribution in [2.24, 2.45) is 0 Å². The predicted octanol–water partition coefficient (Wildman–Crippen LogP) is 7.88. The second-order valence-electron chi connectivity index (χ2n) is 8.45. The Balaban J connectivity index is 1.40. The summed E-state index contributed by atoms with van der Waals surface area (Å²) in [6.45, 7) is 0. The molecule has 2 N–H and O–H groups in total. The second-order valence-corrected chi connectivity index (χ2v) is 9.73. The largest absolute Gasteiger partial charge is 0.417 e. The predicted molar refractivity (Wildman–Crippen MR) is 147 cm³/mol. The fourth-order valence-electron chi connectivity index (χ4n) is 3.93. The Hall–Kier alpha value is -4.12. The highest BCUT2D eigenvalue weighted by Gasteiger charge is 2.33. The van der Waals surface area contributed by atoms with Gasteiger partial charge in [0, 0.05) is 44.8 Å². The summed E-state index contributed by atoms with van der Waals surface area (Å²) in [5.74, 6) is -1.05. The van der Waals surface area contributed by atoms with E-state index in [4.69, 9.17) is 34.8 Å². The number of carbonyl (C=O) groups is 2. The lowest BCUT2D eigenvalue weighted by atomic mass is 10.1. The van der Waals surface area contributed by atoms with Crippen molar-refractivity contribution in [1.29, 1.82) is 0 Å². The highest BCUT2D eigenvalue weighted by molar-refractivity contribution is 6.35. The van der Waals surface area contributed by atoms with Gasteiger partial charge < -0.3 is 10.6 Å². The van der Waals surface area contributed by atoms with Gasteiger partial charge in [-0.15, -0.1) is 0 Å². The van der Waals surface area contributed by atoms with Crippen LogP contribution in [0.2, 0.25) is 15.1 Å². The van der Waals surface area contributed by atoms with E-state index in [1.807, 2.05) is 0 Å². The number of benzene rings is 3. The number of halogens is 6. The molecule has 0 aliphatic heterocycles. The molecule has 0 unspecified atom stereocenters. The molecule has 0 bridgehead atoms. The van der Waals surface area contributed by atoms with Crippen LogP contribution in [-0.2, 0) is 6.18 Å². The molecule has 5 rings (SSSR count). The molecule has 2 heterocycles. The maximum Gasteiger partial charge on any atom is 0.417 e. The number of amides is 2. The van der Waals surface area contributed by atoms with E-state index in [-0.39, 0.29) is 16.9 Å². The molecule has 0 aliphatic rings. The van der Waals surface area contributed by atoms with Crippen molar-refractivity contribution in [3.05, 3.63) is 111 Å². The maximum absolute atomic E-state index is 13.2. The molecule has 2 amide bonds. The number of fused-ring (bicyclic) bond motifs is 1. The number of hydrogen-bond donors (Lipinski definition) is 2. The average Bonchev–Trinajstić information content (AvgIpc) is 3.33. The minimum absolute atomic E-state index is 0.183. The van der Waals surface area contributed by atoms with Crippen LogP contribution in [0, 0.1) is 0 Å². The van der Waals surface area contributed by atoms with Crippen LogP contribution in [0.5, 0.6) is 0 Å².